The maximum absolute atomic E-state index is 6.18. The first-order valence-electron chi connectivity index (χ1n) is 5.12. The number of pyridine rings is 1. The molecule has 0 aliphatic carbocycles. The minimum Gasteiger partial charge on any atom is -0.320 e. The van der Waals surface area contributed by atoms with Crippen molar-refractivity contribution in [2.24, 2.45) is 5.73 Å². The maximum Gasteiger partial charge on any atom is 0.129 e. The highest BCUT2D eigenvalue weighted by atomic mass is 35.5. The van der Waals surface area contributed by atoms with Crippen molar-refractivity contribution in [2.45, 2.75) is 13.0 Å². The van der Waals surface area contributed by atoms with E-state index in [1.165, 1.54) is 0 Å². The molecule has 0 saturated carbocycles. The first-order valence-corrected chi connectivity index (χ1v) is 5.50. The Labute approximate surface area is 100 Å². The van der Waals surface area contributed by atoms with Crippen LogP contribution in [0.25, 0.3) is 0 Å². The first-order chi connectivity index (χ1) is 7.68. The fraction of sp³-hybridized carbons (Fsp3) is 0.154. The normalized spacial score (nSPS) is 12.4. The Morgan fingerprint density at radius 2 is 1.81 bits per heavy atom. The Morgan fingerprint density at radius 1 is 1.12 bits per heavy atom. The molecule has 82 valence electrons. The van der Waals surface area contributed by atoms with Gasteiger partial charge in [-0.3, -0.25) is 0 Å². The van der Waals surface area contributed by atoms with Gasteiger partial charge in [0.2, 0.25) is 0 Å². The molecular weight excluding hydrogens is 220 g/mol. The van der Waals surface area contributed by atoms with Gasteiger partial charge in [-0.05, 0) is 24.1 Å². The molecule has 2 nitrogen and oxygen atoms in total. The van der Waals surface area contributed by atoms with Crippen LogP contribution in [0.2, 0.25) is 5.15 Å². The van der Waals surface area contributed by atoms with Crippen LogP contribution in [0.5, 0.6) is 0 Å². The van der Waals surface area contributed by atoms with Crippen LogP contribution in [0.1, 0.15) is 22.9 Å². The molecule has 0 unspecified atom stereocenters. The highest BCUT2D eigenvalue weighted by molar-refractivity contribution is 6.29. The van der Waals surface area contributed by atoms with Gasteiger partial charge in [-0.15, -0.1) is 0 Å². The SMILES string of the molecule is Cc1nc(Cl)ccc1[C@H](N)c1ccccc1. The van der Waals surface area contributed by atoms with E-state index in [1.807, 2.05) is 43.3 Å². The molecule has 0 spiro atoms. The van der Waals surface area contributed by atoms with E-state index in [0.29, 0.717) is 5.15 Å². The van der Waals surface area contributed by atoms with E-state index in [9.17, 15) is 0 Å². The molecule has 0 amide bonds. The molecule has 2 N–H and O–H groups in total. The number of halogens is 1. The van der Waals surface area contributed by atoms with Gasteiger partial charge in [-0.1, -0.05) is 48.0 Å². The molecule has 2 aromatic rings. The quantitative estimate of drug-likeness (QED) is 0.809. The van der Waals surface area contributed by atoms with Crippen molar-refractivity contribution in [3.8, 4) is 0 Å². The number of benzene rings is 1. The van der Waals surface area contributed by atoms with E-state index in [0.717, 1.165) is 16.8 Å². The largest absolute Gasteiger partial charge is 0.320 e. The molecule has 16 heavy (non-hydrogen) atoms. The summed E-state index contributed by atoms with van der Waals surface area (Å²) in [7, 11) is 0. The highest BCUT2D eigenvalue weighted by Gasteiger charge is 2.11. The smallest absolute Gasteiger partial charge is 0.129 e. The van der Waals surface area contributed by atoms with Crippen molar-refractivity contribution in [3.05, 3.63) is 64.4 Å². The van der Waals surface area contributed by atoms with E-state index in [4.69, 9.17) is 17.3 Å². The molecule has 0 bridgehead atoms. The molecule has 1 aromatic heterocycles. The van der Waals surface area contributed by atoms with Gasteiger partial charge < -0.3 is 5.73 Å². The van der Waals surface area contributed by atoms with Crippen molar-refractivity contribution in [1.82, 2.24) is 4.98 Å². The number of aryl methyl sites for hydroxylation is 1. The molecule has 1 aromatic carbocycles. The Bertz CT molecular complexity index is 483. The Balaban J connectivity index is 2.38. The van der Waals surface area contributed by atoms with E-state index < -0.39 is 0 Å². The monoisotopic (exact) mass is 232 g/mol. The number of rotatable bonds is 2. The number of nitrogens with two attached hydrogens (primary N) is 1. The lowest BCUT2D eigenvalue weighted by atomic mass is 9.99. The van der Waals surface area contributed by atoms with Crippen LogP contribution in [-0.2, 0) is 0 Å². The Morgan fingerprint density at radius 3 is 2.44 bits per heavy atom. The van der Waals surface area contributed by atoms with E-state index in [2.05, 4.69) is 4.98 Å². The standard InChI is InChI=1S/C13H13ClN2/c1-9-11(7-8-12(14)16-9)13(15)10-5-3-2-4-6-10/h2-8,13H,15H2,1H3/t13-/m1/s1. The lowest BCUT2D eigenvalue weighted by Gasteiger charge is -2.14. The maximum atomic E-state index is 6.18. The molecule has 0 aliphatic heterocycles. The zero-order valence-corrected chi connectivity index (χ0v) is 9.78. The van der Waals surface area contributed by atoms with Gasteiger partial charge in [-0.2, -0.15) is 0 Å². The van der Waals surface area contributed by atoms with Gasteiger partial charge in [0.25, 0.3) is 0 Å². The zero-order valence-electron chi connectivity index (χ0n) is 9.02. The Hall–Kier alpha value is -1.38. The van der Waals surface area contributed by atoms with E-state index in [-0.39, 0.29) is 6.04 Å². The topological polar surface area (TPSA) is 38.9 Å². The van der Waals surface area contributed by atoms with Crippen molar-refractivity contribution in [2.75, 3.05) is 0 Å². The molecule has 0 saturated heterocycles. The van der Waals surface area contributed by atoms with Crippen molar-refractivity contribution in [1.29, 1.82) is 0 Å². The summed E-state index contributed by atoms with van der Waals surface area (Å²) in [6, 6.07) is 13.5. The second-order valence-corrected chi connectivity index (χ2v) is 4.08. The van der Waals surface area contributed by atoms with Gasteiger partial charge in [0, 0.05) is 5.69 Å². The molecule has 2 rings (SSSR count). The van der Waals surface area contributed by atoms with Gasteiger partial charge in [0.15, 0.2) is 0 Å². The number of aromatic nitrogens is 1. The lowest BCUT2D eigenvalue weighted by Crippen LogP contribution is -2.13. The van der Waals surface area contributed by atoms with Gasteiger partial charge in [0.1, 0.15) is 5.15 Å². The van der Waals surface area contributed by atoms with Gasteiger partial charge >= 0.3 is 0 Å². The predicted octanol–water partition coefficient (Wildman–Crippen LogP) is 3.09. The van der Waals surface area contributed by atoms with Crippen LogP contribution in [0, 0.1) is 6.92 Å². The minimum absolute atomic E-state index is 0.147. The molecule has 0 aliphatic rings. The van der Waals surface area contributed by atoms with Crippen LogP contribution >= 0.6 is 11.6 Å². The second-order valence-electron chi connectivity index (χ2n) is 3.70. The summed E-state index contributed by atoms with van der Waals surface area (Å²) in [4.78, 5) is 4.21. The Kier molecular flexibility index (Phi) is 3.22. The summed E-state index contributed by atoms with van der Waals surface area (Å²) >= 11 is 5.82. The van der Waals surface area contributed by atoms with Crippen molar-refractivity contribution in [3.63, 3.8) is 0 Å². The first kappa shape index (κ1) is 11.1. The van der Waals surface area contributed by atoms with Crippen LogP contribution in [0.4, 0.5) is 0 Å². The predicted molar refractivity (Wildman–Crippen MR) is 66.5 cm³/mol. The summed E-state index contributed by atoms with van der Waals surface area (Å²) in [5.74, 6) is 0. The van der Waals surface area contributed by atoms with Crippen molar-refractivity contribution >= 4 is 11.6 Å². The number of nitrogens with zero attached hydrogens (tertiary/aromatic N) is 1. The third kappa shape index (κ3) is 2.23. The summed E-state index contributed by atoms with van der Waals surface area (Å²) in [6.45, 7) is 1.92. The van der Waals surface area contributed by atoms with Crippen molar-refractivity contribution < 1.29 is 0 Å². The van der Waals surface area contributed by atoms with E-state index >= 15 is 0 Å². The molecule has 0 radical (unpaired) electrons. The molecule has 1 heterocycles. The summed E-state index contributed by atoms with van der Waals surface area (Å²) in [5, 5.41) is 0.501. The summed E-state index contributed by atoms with van der Waals surface area (Å²) < 4.78 is 0. The lowest BCUT2D eigenvalue weighted by molar-refractivity contribution is 0.848. The second kappa shape index (κ2) is 4.64. The average molecular weight is 233 g/mol. The molecule has 3 heteroatoms. The van der Waals surface area contributed by atoms with E-state index in [1.54, 1.807) is 6.07 Å². The van der Waals surface area contributed by atoms with Gasteiger partial charge in [-0.25, -0.2) is 4.98 Å². The van der Waals surface area contributed by atoms with Crippen LogP contribution in [0.3, 0.4) is 0 Å². The molecule has 1 atom stereocenters. The minimum atomic E-state index is -0.147. The third-order valence-corrected chi connectivity index (χ3v) is 2.80. The zero-order chi connectivity index (χ0) is 11.5. The molecule has 0 fully saturated rings. The van der Waals surface area contributed by atoms with Crippen LogP contribution in [0.15, 0.2) is 42.5 Å². The summed E-state index contributed by atoms with van der Waals surface area (Å²) in [5.41, 5.74) is 9.15. The third-order valence-electron chi connectivity index (χ3n) is 2.59. The summed E-state index contributed by atoms with van der Waals surface area (Å²) in [6.07, 6.45) is 0. The number of hydrogen-bond donors (Lipinski definition) is 1. The number of hydrogen-bond acceptors (Lipinski definition) is 2. The molecular formula is C13H13ClN2. The van der Waals surface area contributed by atoms with Gasteiger partial charge in [0.05, 0.1) is 6.04 Å². The highest BCUT2D eigenvalue weighted by Crippen LogP contribution is 2.22. The average Bonchev–Trinajstić information content (AvgIpc) is 2.29. The van der Waals surface area contributed by atoms with Crippen LogP contribution in [-0.4, -0.2) is 4.98 Å². The fourth-order valence-electron chi connectivity index (χ4n) is 1.71. The van der Waals surface area contributed by atoms with Crippen LogP contribution < -0.4 is 5.73 Å². The fourth-order valence-corrected chi connectivity index (χ4v) is 1.90.